The molecule has 1 aromatic rings. The van der Waals surface area contributed by atoms with Gasteiger partial charge in [0.05, 0.1) is 12.2 Å². The van der Waals surface area contributed by atoms with Gasteiger partial charge in [0.15, 0.2) is 0 Å². The topological polar surface area (TPSA) is 65.5 Å². The molecule has 0 saturated carbocycles. The van der Waals surface area contributed by atoms with Crippen molar-refractivity contribution in [3.63, 3.8) is 0 Å². The zero-order chi connectivity index (χ0) is 15.1. The molecule has 2 rings (SSSR count). The maximum Gasteiger partial charge on any atom is 0.271 e. The van der Waals surface area contributed by atoms with Crippen molar-refractivity contribution in [3.05, 3.63) is 29.6 Å². The molecule has 1 unspecified atom stereocenters. The van der Waals surface area contributed by atoms with Crippen molar-refractivity contribution in [3.8, 4) is 11.8 Å². The molecule has 2 heterocycles. The van der Waals surface area contributed by atoms with Crippen LogP contribution in [0.25, 0.3) is 0 Å². The number of nitrogens with one attached hydrogen (secondary N) is 1. The number of hydrogen-bond donors (Lipinski definition) is 2. The molecule has 1 fully saturated rings. The highest BCUT2D eigenvalue weighted by atomic mass is 16.2. The lowest BCUT2D eigenvalue weighted by molar-refractivity contribution is 0.0942. The van der Waals surface area contributed by atoms with Gasteiger partial charge in [-0.2, -0.15) is 0 Å². The van der Waals surface area contributed by atoms with Crippen molar-refractivity contribution in [2.45, 2.75) is 12.8 Å². The van der Waals surface area contributed by atoms with Gasteiger partial charge in [0.1, 0.15) is 5.69 Å². The Hall–Kier alpha value is -1.90. The number of aliphatic hydroxyl groups excluding tert-OH is 1. The van der Waals surface area contributed by atoms with Gasteiger partial charge in [-0.15, -0.1) is 0 Å². The first-order valence-corrected chi connectivity index (χ1v) is 7.22. The molecule has 1 atom stereocenters. The molecule has 1 aliphatic rings. The number of amides is 1. The Balaban J connectivity index is 1.97. The second-order valence-corrected chi connectivity index (χ2v) is 5.30. The van der Waals surface area contributed by atoms with Gasteiger partial charge in [-0.1, -0.05) is 11.8 Å². The van der Waals surface area contributed by atoms with Gasteiger partial charge in [0.25, 0.3) is 5.91 Å². The average Bonchev–Trinajstić information content (AvgIpc) is 2.91. The first-order valence-electron chi connectivity index (χ1n) is 7.22. The van der Waals surface area contributed by atoms with Crippen LogP contribution in [0, 0.1) is 17.8 Å². The van der Waals surface area contributed by atoms with E-state index < -0.39 is 0 Å². The van der Waals surface area contributed by atoms with Gasteiger partial charge in [-0.25, -0.2) is 4.98 Å². The van der Waals surface area contributed by atoms with E-state index in [1.54, 1.807) is 18.3 Å². The minimum absolute atomic E-state index is 0.0178. The first kappa shape index (κ1) is 15.5. The number of aromatic nitrogens is 1. The quantitative estimate of drug-likeness (QED) is 0.791. The number of aliphatic hydroxyl groups is 1. The lowest BCUT2D eigenvalue weighted by atomic mass is 10.1. The summed E-state index contributed by atoms with van der Waals surface area (Å²) in [5.41, 5.74) is 0.960. The number of carbonyl (C=O) groups excluding carboxylic acids is 1. The Morgan fingerprint density at radius 1 is 1.62 bits per heavy atom. The first-order chi connectivity index (χ1) is 10.2. The van der Waals surface area contributed by atoms with Crippen molar-refractivity contribution >= 4 is 5.91 Å². The fourth-order valence-corrected chi connectivity index (χ4v) is 2.41. The average molecular weight is 287 g/mol. The van der Waals surface area contributed by atoms with Crippen LogP contribution in [-0.2, 0) is 0 Å². The van der Waals surface area contributed by atoms with Crippen LogP contribution < -0.4 is 5.32 Å². The fraction of sp³-hybridized carbons (Fsp3) is 0.500. The van der Waals surface area contributed by atoms with Crippen molar-refractivity contribution in [2.75, 3.05) is 33.3 Å². The van der Waals surface area contributed by atoms with E-state index in [1.165, 1.54) is 0 Å². The molecule has 1 aromatic heterocycles. The number of pyridine rings is 1. The summed E-state index contributed by atoms with van der Waals surface area (Å²) in [6.07, 6.45) is 3.10. The van der Waals surface area contributed by atoms with E-state index in [2.05, 4.69) is 34.1 Å². The van der Waals surface area contributed by atoms with E-state index in [0.29, 0.717) is 30.1 Å². The van der Waals surface area contributed by atoms with Crippen LogP contribution in [0.4, 0.5) is 0 Å². The van der Waals surface area contributed by atoms with E-state index in [-0.39, 0.29) is 12.5 Å². The molecule has 112 valence electrons. The third-order valence-corrected chi connectivity index (χ3v) is 3.52. The maximum absolute atomic E-state index is 12.2. The second kappa shape index (κ2) is 7.77. The van der Waals surface area contributed by atoms with Gasteiger partial charge in [-0.05, 0) is 38.1 Å². The maximum atomic E-state index is 12.2. The SMILES string of the molecule is CN1CCC(CNC(=O)c2ncccc2C#CCCO)C1. The Morgan fingerprint density at radius 2 is 2.48 bits per heavy atom. The predicted octanol–water partition coefficient (Wildman–Crippen LogP) is 0.497. The highest BCUT2D eigenvalue weighted by molar-refractivity contribution is 5.94. The molecule has 0 bridgehead atoms. The number of rotatable bonds is 4. The van der Waals surface area contributed by atoms with E-state index in [1.807, 2.05) is 0 Å². The zero-order valence-corrected chi connectivity index (χ0v) is 12.3. The largest absolute Gasteiger partial charge is 0.395 e. The lowest BCUT2D eigenvalue weighted by Gasteiger charge is -2.11. The van der Waals surface area contributed by atoms with Gasteiger partial charge in [0, 0.05) is 25.7 Å². The molecular weight excluding hydrogens is 266 g/mol. The molecule has 21 heavy (non-hydrogen) atoms. The Morgan fingerprint density at radius 3 is 3.19 bits per heavy atom. The Kier molecular flexibility index (Phi) is 5.73. The Labute approximate surface area is 125 Å². The predicted molar refractivity (Wildman–Crippen MR) is 80.8 cm³/mol. The summed E-state index contributed by atoms with van der Waals surface area (Å²) in [6, 6.07) is 3.53. The Bertz CT molecular complexity index is 548. The standard InChI is InChI=1S/C16H21N3O2/c1-19-9-7-13(12-19)11-18-16(21)15-14(5-2-3-10-20)6-4-8-17-15/h4,6,8,13,20H,3,7,9-12H2,1H3,(H,18,21). The molecule has 0 aliphatic carbocycles. The van der Waals surface area contributed by atoms with Crippen molar-refractivity contribution in [1.82, 2.24) is 15.2 Å². The van der Waals surface area contributed by atoms with Crippen LogP contribution in [0.5, 0.6) is 0 Å². The zero-order valence-electron chi connectivity index (χ0n) is 12.3. The van der Waals surface area contributed by atoms with Crippen molar-refractivity contribution < 1.29 is 9.90 Å². The summed E-state index contributed by atoms with van der Waals surface area (Å²) in [7, 11) is 2.09. The molecule has 2 N–H and O–H groups in total. The van der Waals surface area contributed by atoms with E-state index in [9.17, 15) is 4.79 Å². The van der Waals surface area contributed by atoms with Crippen LogP contribution in [0.3, 0.4) is 0 Å². The summed E-state index contributed by atoms with van der Waals surface area (Å²) in [5, 5.41) is 11.7. The number of likely N-dealkylation sites (tertiary alicyclic amines) is 1. The van der Waals surface area contributed by atoms with E-state index in [4.69, 9.17) is 5.11 Å². The molecule has 1 saturated heterocycles. The summed E-state index contributed by atoms with van der Waals surface area (Å²) < 4.78 is 0. The lowest BCUT2D eigenvalue weighted by Crippen LogP contribution is -2.31. The third-order valence-electron chi connectivity index (χ3n) is 3.52. The van der Waals surface area contributed by atoms with Crippen LogP contribution in [0.15, 0.2) is 18.3 Å². The molecular formula is C16H21N3O2. The minimum atomic E-state index is -0.182. The smallest absolute Gasteiger partial charge is 0.271 e. The molecule has 5 heteroatoms. The van der Waals surface area contributed by atoms with E-state index >= 15 is 0 Å². The highest BCUT2D eigenvalue weighted by Gasteiger charge is 2.20. The fourth-order valence-electron chi connectivity index (χ4n) is 2.41. The van der Waals surface area contributed by atoms with E-state index in [0.717, 1.165) is 19.5 Å². The molecule has 0 aromatic carbocycles. The molecule has 1 aliphatic heterocycles. The van der Waals surface area contributed by atoms with Crippen molar-refractivity contribution in [1.29, 1.82) is 0 Å². The molecule has 1 amide bonds. The van der Waals surface area contributed by atoms with Crippen molar-refractivity contribution in [2.24, 2.45) is 5.92 Å². The molecule has 0 spiro atoms. The van der Waals surface area contributed by atoms with Crippen LogP contribution >= 0.6 is 0 Å². The van der Waals surface area contributed by atoms with Gasteiger partial charge in [-0.3, -0.25) is 4.79 Å². The third kappa shape index (κ3) is 4.55. The normalized spacial score (nSPS) is 18.1. The molecule has 5 nitrogen and oxygen atoms in total. The van der Waals surface area contributed by atoms with Gasteiger partial charge < -0.3 is 15.3 Å². The highest BCUT2D eigenvalue weighted by Crippen LogP contribution is 2.13. The van der Waals surface area contributed by atoms with Gasteiger partial charge >= 0.3 is 0 Å². The molecule has 0 radical (unpaired) electrons. The summed E-state index contributed by atoms with van der Waals surface area (Å²) in [4.78, 5) is 18.6. The summed E-state index contributed by atoms with van der Waals surface area (Å²) in [5.74, 6) is 6.04. The number of nitrogens with zero attached hydrogens (tertiary/aromatic N) is 2. The summed E-state index contributed by atoms with van der Waals surface area (Å²) >= 11 is 0. The van der Waals surface area contributed by atoms with Gasteiger partial charge in [0.2, 0.25) is 0 Å². The van der Waals surface area contributed by atoms with Crippen LogP contribution in [0.2, 0.25) is 0 Å². The monoisotopic (exact) mass is 287 g/mol. The number of hydrogen-bond acceptors (Lipinski definition) is 4. The second-order valence-electron chi connectivity index (χ2n) is 5.30. The summed E-state index contributed by atoms with van der Waals surface area (Å²) in [6.45, 7) is 2.79. The minimum Gasteiger partial charge on any atom is -0.395 e. The number of carbonyl (C=O) groups is 1. The van der Waals surface area contributed by atoms with Crippen LogP contribution in [-0.4, -0.2) is 54.2 Å². The van der Waals surface area contributed by atoms with Crippen LogP contribution in [0.1, 0.15) is 28.9 Å².